The highest BCUT2D eigenvalue weighted by atomic mass is 16.5. The molecule has 1 rings (SSSR count). The molecular weight excluding hydrogens is 203 g/mol. The molecule has 3 nitrogen and oxygen atoms in total. The Morgan fingerprint density at radius 2 is 1.81 bits per heavy atom. The molecule has 0 heterocycles. The molecule has 0 aliphatic carbocycles. The zero-order valence-corrected chi connectivity index (χ0v) is 10.3. The Morgan fingerprint density at radius 3 is 2.31 bits per heavy atom. The lowest BCUT2D eigenvalue weighted by Gasteiger charge is -2.14. The van der Waals surface area contributed by atoms with E-state index in [9.17, 15) is 0 Å². The second kappa shape index (κ2) is 5.37. The molecule has 2 N–H and O–H groups in total. The minimum atomic E-state index is -1.42. The summed E-state index contributed by atoms with van der Waals surface area (Å²) < 4.78 is 5.65. The van der Waals surface area contributed by atoms with E-state index in [2.05, 4.69) is 13.8 Å². The van der Waals surface area contributed by atoms with Gasteiger partial charge in [-0.25, -0.2) is 0 Å². The minimum Gasteiger partial charge on any atom is -0.493 e. The zero-order valence-electron chi connectivity index (χ0n) is 10.3. The standard InChI is InChI=1S/C12H19BO3/c1-8(2)7-16-12-6-9(3)11(13(14)15)5-10(12)4/h5-6,8,14-15H,7H2,1-4H3. The van der Waals surface area contributed by atoms with E-state index < -0.39 is 7.12 Å². The summed E-state index contributed by atoms with van der Waals surface area (Å²) in [7, 11) is -1.42. The van der Waals surface area contributed by atoms with E-state index in [0.717, 1.165) is 16.9 Å². The highest BCUT2D eigenvalue weighted by Crippen LogP contribution is 2.19. The van der Waals surface area contributed by atoms with Gasteiger partial charge in [0.25, 0.3) is 0 Å². The van der Waals surface area contributed by atoms with Crippen LogP contribution in [-0.4, -0.2) is 23.8 Å². The average Bonchev–Trinajstić information content (AvgIpc) is 2.18. The van der Waals surface area contributed by atoms with Gasteiger partial charge in [-0.05, 0) is 42.4 Å². The normalized spacial score (nSPS) is 10.7. The lowest BCUT2D eigenvalue weighted by Crippen LogP contribution is -2.32. The first-order valence-corrected chi connectivity index (χ1v) is 5.52. The molecule has 0 bridgehead atoms. The molecule has 88 valence electrons. The lowest BCUT2D eigenvalue weighted by atomic mass is 9.76. The van der Waals surface area contributed by atoms with Crippen LogP contribution in [0.4, 0.5) is 0 Å². The summed E-state index contributed by atoms with van der Waals surface area (Å²) in [6.45, 7) is 8.60. The third-order valence-electron chi connectivity index (χ3n) is 2.41. The molecule has 0 radical (unpaired) electrons. The van der Waals surface area contributed by atoms with Gasteiger partial charge in [-0.1, -0.05) is 19.9 Å². The summed E-state index contributed by atoms with van der Waals surface area (Å²) in [4.78, 5) is 0. The van der Waals surface area contributed by atoms with Crippen LogP contribution >= 0.6 is 0 Å². The first kappa shape index (κ1) is 13.1. The fourth-order valence-corrected chi connectivity index (χ4v) is 1.50. The Hall–Kier alpha value is -0.995. The molecule has 0 saturated carbocycles. The molecule has 4 heteroatoms. The highest BCUT2D eigenvalue weighted by molar-refractivity contribution is 6.59. The van der Waals surface area contributed by atoms with E-state index in [-0.39, 0.29) is 0 Å². The molecule has 0 aromatic heterocycles. The molecule has 16 heavy (non-hydrogen) atoms. The Balaban J connectivity index is 2.92. The number of hydrogen-bond acceptors (Lipinski definition) is 3. The summed E-state index contributed by atoms with van der Waals surface area (Å²) in [5.41, 5.74) is 2.29. The maximum absolute atomic E-state index is 9.15. The van der Waals surface area contributed by atoms with E-state index in [0.29, 0.717) is 18.0 Å². The number of aryl methyl sites for hydroxylation is 2. The van der Waals surface area contributed by atoms with Crippen LogP contribution < -0.4 is 10.2 Å². The largest absolute Gasteiger partial charge is 0.493 e. The predicted molar refractivity (Wildman–Crippen MR) is 66.1 cm³/mol. The summed E-state index contributed by atoms with van der Waals surface area (Å²) >= 11 is 0. The monoisotopic (exact) mass is 222 g/mol. The van der Waals surface area contributed by atoms with Crippen molar-refractivity contribution in [3.05, 3.63) is 23.3 Å². The second-order valence-corrected chi connectivity index (χ2v) is 4.55. The molecule has 0 saturated heterocycles. The number of benzene rings is 1. The number of rotatable bonds is 4. The van der Waals surface area contributed by atoms with E-state index in [4.69, 9.17) is 14.8 Å². The van der Waals surface area contributed by atoms with E-state index in [1.807, 2.05) is 19.9 Å². The molecule has 0 fully saturated rings. The van der Waals surface area contributed by atoms with Crippen LogP contribution in [-0.2, 0) is 0 Å². The summed E-state index contributed by atoms with van der Waals surface area (Å²) in [5.74, 6) is 1.29. The van der Waals surface area contributed by atoms with Gasteiger partial charge in [0.15, 0.2) is 0 Å². The van der Waals surface area contributed by atoms with Crippen LogP contribution in [0.2, 0.25) is 0 Å². The topological polar surface area (TPSA) is 49.7 Å². The predicted octanol–water partition coefficient (Wildman–Crippen LogP) is 1.02. The van der Waals surface area contributed by atoms with Gasteiger partial charge in [0.05, 0.1) is 6.61 Å². The molecule has 0 aliphatic heterocycles. The van der Waals surface area contributed by atoms with E-state index in [1.165, 1.54) is 0 Å². The van der Waals surface area contributed by atoms with Crippen LogP contribution in [0.5, 0.6) is 5.75 Å². The lowest BCUT2D eigenvalue weighted by molar-refractivity contribution is 0.269. The summed E-state index contributed by atoms with van der Waals surface area (Å²) in [6.07, 6.45) is 0. The summed E-state index contributed by atoms with van der Waals surface area (Å²) in [5, 5.41) is 18.3. The van der Waals surface area contributed by atoms with Gasteiger partial charge >= 0.3 is 7.12 Å². The molecule has 0 atom stereocenters. The zero-order chi connectivity index (χ0) is 12.3. The van der Waals surface area contributed by atoms with Gasteiger partial charge < -0.3 is 14.8 Å². The fraction of sp³-hybridized carbons (Fsp3) is 0.500. The number of ether oxygens (including phenoxy) is 1. The highest BCUT2D eigenvalue weighted by Gasteiger charge is 2.16. The van der Waals surface area contributed by atoms with Crippen molar-refractivity contribution < 1.29 is 14.8 Å². The van der Waals surface area contributed by atoms with Crippen molar-refractivity contribution in [1.29, 1.82) is 0 Å². The second-order valence-electron chi connectivity index (χ2n) is 4.55. The Kier molecular flexibility index (Phi) is 4.39. The Labute approximate surface area is 97.2 Å². The summed E-state index contributed by atoms with van der Waals surface area (Å²) in [6, 6.07) is 3.61. The van der Waals surface area contributed by atoms with Crippen LogP contribution in [0.1, 0.15) is 25.0 Å². The smallest absolute Gasteiger partial charge is 0.488 e. The maximum Gasteiger partial charge on any atom is 0.488 e. The Bertz CT molecular complexity index is 362. The fourth-order valence-electron chi connectivity index (χ4n) is 1.50. The van der Waals surface area contributed by atoms with E-state index >= 15 is 0 Å². The molecule has 0 spiro atoms. The molecule has 1 aromatic carbocycles. The quantitative estimate of drug-likeness (QED) is 0.747. The molecule has 0 aliphatic rings. The van der Waals surface area contributed by atoms with Gasteiger partial charge in [-0.2, -0.15) is 0 Å². The molecular formula is C12H19BO3. The van der Waals surface area contributed by atoms with Crippen molar-refractivity contribution >= 4 is 12.6 Å². The van der Waals surface area contributed by atoms with Crippen molar-refractivity contribution in [3.8, 4) is 5.75 Å². The van der Waals surface area contributed by atoms with Crippen LogP contribution in [0, 0.1) is 19.8 Å². The van der Waals surface area contributed by atoms with Crippen molar-refractivity contribution in [3.63, 3.8) is 0 Å². The van der Waals surface area contributed by atoms with Crippen molar-refractivity contribution in [1.82, 2.24) is 0 Å². The first-order chi connectivity index (χ1) is 7.41. The van der Waals surface area contributed by atoms with Crippen LogP contribution in [0.3, 0.4) is 0 Å². The minimum absolute atomic E-state index is 0.475. The average molecular weight is 222 g/mol. The van der Waals surface area contributed by atoms with Gasteiger partial charge in [0.2, 0.25) is 0 Å². The van der Waals surface area contributed by atoms with Gasteiger partial charge in [-0.15, -0.1) is 0 Å². The van der Waals surface area contributed by atoms with Gasteiger partial charge in [0.1, 0.15) is 5.75 Å². The van der Waals surface area contributed by atoms with Crippen LogP contribution in [0.15, 0.2) is 12.1 Å². The van der Waals surface area contributed by atoms with Crippen molar-refractivity contribution in [2.24, 2.45) is 5.92 Å². The SMILES string of the molecule is Cc1cc(B(O)O)c(C)cc1OCC(C)C. The molecule has 0 amide bonds. The van der Waals surface area contributed by atoms with Gasteiger partial charge in [0, 0.05) is 0 Å². The van der Waals surface area contributed by atoms with Crippen molar-refractivity contribution in [2.75, 3.05) is 6.61 Å². The number of hydrogen-bond donors (Lipinski definition) is 2. The molecule has 0 unspecified atom stereocenters. The first-order valence-electron chi connectivity index (χ1n) is 5.52. The third-order valence-corrected chi connectivity index (χ3v) is 2.41. The van der Waals surface area contributed by atoms with E-state index in [1.54, 1.807) is 6.07 Å². The Morgan fingerprint density at radius 1 is 1.19 bits per heavy atom. The molecule has 1 aromatic rings. The van der Waals surface area contributed by atoms with Crippen LogP contribution in [0.25, 0.3) is 0 Å². The van der Waals surface area contributed by atoms with Gasteiger partial charge in [-0.3, -0.25) is 0 Å². The maximum atomic E-state index is 9.15. The third kappa shape index (κ3) is 3.25. The van der Waals surface area contributed by atoms with Crippen molar-refractivity contribution in [2.45, 2.75) is 27.7 Å².